The largest absolute Gasteiger partial charge is 0.398 e. The van der Waals surface area contributed by atoms with Crippen LogP contribution in [0.5, 0.6) is 0 Å². The molecule has 2 rings (SSSR count). The van der Waals surface area contributed by atoms with E-state index in [2.05, 4.69) is 20.9 Å². The normalized spacial score (nSPS) is 11.6. The molecular weight excluding hydrogens is 330 g/mol. The predicted octanol–water partition coefficient (Wildman–Crippen LogP) is 2.09. The van der Waals surface area contributed by atoms with Gasteiger partial charge in [0.25, 0.3) is 0 Å². The Bertz CT molecular complexity index is 654. The highest BCUT2D eigenvalue weighted by Gasteiger charge is 2.17. The van der Waals surface area contributed by atoms with Crippen LogP contribution < -0.4 is 5.73 Å². The fraction of sp³-hybridized carbons (Fsp3) is 0.250. The summed E-state index contributed by atoms with van der Waals surface area (Å²) in [4.78, 5) is 4.10. The van der Waals surface area contributed by atoms with Crippen LogP contribution in [0.2, 0.25) is 0 Å². The molecule has 0 amide bonds. The van der Waals surface area contributed by atoms with Gasteiger partial charge in [0.05, 0.1) is 22.7 Å². The van der Waals surface area contributed by atoms with Crippen LogP contribution in [0.1, 0.15) is 6.42 Å². The van der Waals surface area contributed by atoms with E-state index in [0.29, 0.717) is 17.4 Å². The molecule has 7 heteroatoms. The van der Waals surface area contributed by atoms with Gasteiger partial charge in [0.15, 0.2) is 9.84 Å². The van der Waals surface area contributed by atoms with Crippen LogP contribution in [-0.2, 0) is 16.4 Å². The fourth-order valence-electron chi connectivity index (χ4n) is 1.74. The average Bonchev–Trinajstić information content (AvgIpc) is 2.85. The third-order valence-electron chi connectivity index (χ3n) is 2.70. The van der Waals surface area contributed by atoms with Gasteiger partial charge in [-0.15, -0.1) is 0 Å². The second-order valence-corrected chi connectivity index (χ2v) is 7.15. The van der Waals surface area contributed by atoms with Crippen molar-refractivity contribution in [3.05, 3.63) is 41.4 Å². The highest BCUT2D eigenvalue weighted by molar-refractivity contribution is 9.10. The maximum atomic E-state index is 12.2. The van der Waals surface area contributed by atoms with Crippen LogP contribution in [0.3, 0.4) is 0 Å². The molecule has 0 fully saturated rings. The van der Waals surface area contributed by atoms with Gasteiger partial charge in [0.1, 0.15) is 0 Å². The van der Waals surface area contributed by atoms with E-state index in [0.717, 1.165) is 0 Å². The van der Waals surface area contributed by atoms with Crippen LogP contribution >= 0.6 is 15.9 Å². The summed E-state index contributed by atoms with van der Waals surface area (Å²) in [7, 11) is -3.36. The molecule has 0 unspecified atom stereocenters. The van der Waals surface area contributed by atoms with E-state index in [-0.39, 0.29) is 16.3 Å². The Kier molecular flexibility index (Phi) is 4.26. The van der Waals surface area contributed by atoms with Crippen LogP contribution in [0.4, 0.5) is 5.69 Å². The molecule has 0 aliphatic rings. The first kappa shape index (κ1) is 14.1. The molecule has 0 bridgehead atoms. The van der Waals surface area contributed by atoms with E-state index in [1.165, 1.54) is 0 Å². The van der Waals surface area contributed by atoms with Gasteiger partial charge in [-0.05, 0) is 24.6 Å². The van der Waals surface area contributed by atoms with Gasteiger partial charge < -0.3 is 10.3 Å². The lowest BCUT2D eigenvalue weighted by molar-refractivity contribution is 0.586. The maximum absolute atomic E-state index is 12.2. The van der Waals surface area contributed by atoms with E-state index in [1.54, 1.807) is 36.9 Å². The molecule has 0 radical (unpaired) electrons. The van der Waals surface area contributed by atoms with E-state index in [9.17, 15) is 8.42 Å². The number of nitrogens with zero attached hydrogens (tertiary/aromatic N) is 2. The lowest BCUT2D eigenvalue weighted by Crippen LogP contribution is -2.11. The topological polar surface area (TPSA) is 78.0 Å². The molecule has 5 nitrogen and oxygen atoms in total. The zero-order chi connectivity index (χ0) is 13.9. The lowest BCUT2D eigenvalue weighted by atomic mass is 10.3. The van der Waals surface area contributed by atoms with Gasteiger partial charge in [-0.1, -0.05) is 15.9 Å². The first-order valence-corrected chi connectivity index (χ1v) is 8.17. The number of imidazole rings is 1. The molecule has 0 atom stereocenters. The number of nitrogen functional groups attached to an aromatic ring is 1. The molecule has 2 aromatic rings. The Morgan fingerprint density at radius 1 is 1.37 bits per heavy atom. The Labute approximate surface area is 120 Å². The SMILES string of the molecule is Nc1ccc(Br)cc1S(=O)(=O)CCCn1ccnc1. The molecule has 0 aliphatic carbocycles. The molecule has 1 aromatic carbocycles. The number of hydrogen-bond acceptors (Lipinski definition) is 4. The van der Waals surface area contributed by atoms with Crippen molar-refractivity contribution in [3.63, 3.8) is 0 Å². The van der Waals surface area contributed by atoms with Crippen LogP contribution in [-0.4, -0.2) is 23.7 Å². The molecule has 1 aromatic heterocycles. The van der Waals surface area contributed by atoms with Crippen molar-refractivity contribution in [2.75, 3.05) is 11.5 Å². The average molecular weight is 344 g/mol. The Hall–Kier alpha value is -1.34. The van der Waals surface area contributed by atoms with Crippen LogP contribution in [0.25, 0.3) is 0 Å². The van der Waals surface area contributed by atoms with Crippen molar-refractivity contribution in [1.29, 1.82) is 0 Å². The second kappa shape index (κ2) is 5.75. The molecule has 0 saturated carbocycles. The van der Waals surface area contributed by atoms with E-state index >= 15 is 0 Å². The number of halogens is 1. The second-order valence-electron chi connectivity index (χ2n) is 4.16. The third-order valence-corrected chi connectivity index (χ3v) is 5.04. The summed E-state index contributed by atoms with van der Waals surface area (Å²) in [5, 5.41) is 0. The Morgan fingerprint density at radius 3 is 2.84 bits per heavy atom. The molecule has 0 saturated heterocycles. The molecule has 102 valence electrons. The van der Waals surface area contributed by atoms with Crippen molar-refractivity contribution < 1.29 is 8.42 Å². The zero-order valence-electron chi connectivity index (χ0n) is 10.2. The Morgan fingerprint density at radius 2 is 2.16 bits per heavy atom. The fourth-order valence-corrected chi connectivity index (χ4v) is 3.72. The monoisotopic (exact) mass is 343 g/mol. The molecular formula is C12H14BrN3O2S. The number of anilines is 1. The van der Waals surface area contributed by atoms with Crippen molar-refractivity contribution >= 4 is 31.5 Å². The van der Waals surface area contributed by atoms with Crippen LogP contribution in [0.15, 0.2) is 46.3 Å². The minimum Gasteiger partial charge on any atom is -0.398 e. The highest BCUT2D eigenvalue weighted by atomic mass is 79.9. The lowest BCUT2D eigenvalue weighted by Gasteiger charge is -2.08. The summed E-state index contributed by atoms with van der Waals surface area (Å²) in [6.45, 7) is 0.618. The third kappa shape index (κ3) is 3.57. The first-order valence-electron chi connectivity index (χ1n) is 5.72. The molecule has 1 heterocycles. The van der Waals surface area contributed by atoms with Gasteiger partial charge in [0.2, 0.25) is 0 Å². The van der Waals surface area contributed by atoms with E-state index < -0.39 is 9.84 Å². The molecule has 0 spiro atoms. The first-order chi connectivity index (χ1) is 8.99. The number of benzene rings is 1. The number of sulfone groups is 1. The number of aromatic nitrogens is 2. The van der Waals surface area contributed by atoms with Gasteiger partial charge >= 0.3 is 0 Å². The molecule has 0 aliphatic heterocycles. The highest BCUT2D eigenvalue weighted by Crippen LogP contribution is 2.24. The number of hydrogen-bond donors (Lipinski definition) is 1. The molecule has 2 N–H and O–H groups in total. The number of aryl methyl sites for hydroxylation is 1. The predicted molar refractivity (Wildman–Crippen MR) is 77.5 cm³/mol. The van der Waals surface area contributed by atoms with Gasteiger partial charge in [-0.3, -0.25) is 0 Å². The summed E-state index contributed by atoms with van der Waals surface area (Å²) >= 11 is 3.26. The summed E-state index contributed by atoms with van der Waals surface area (Å²) in [5.74, 6) is 0.0613. The zero-order valence-corrected chi connectivity index (χ0v) is 12.6. The van der Waals surface area contributed by atoms with Crippen molar-refractivity contribution in [2.45, 2.75) is 17.9 Å². The molecule has 19 heavy (non-hydrogen) atoms. The van der Waals surface area contributed by atoms with Gasteiger partial charge in [-0.25, -0.2) is 13.4 Å². The summed E-state index contributed by atoms with van der Waals surface area (Å²) in [6.07, 6.45) is 5.66. The van der Waals surface area contributed by atoms with Crippen molar-refractivity contribution in [2.24, 2.45) is 0 Å². The quantitative estimate of drug-likeness (QED) is 0.843. The van der Waals surface area contributed by atoms with E-state index in [1.807, 2.05) is 4.57 Å². The standard InChI is InChI=1S/C12H14BrN3O2S/c13-10-2-3-11(14)12(8-10)19(17,18)7-1-5-16-6-4-15-9-16/h2-4,6,8-9H,1,5,7,14H2. The Balaban J connectivity index is 2.07. The number of nitrogens with two attached hydrogens (primary N) is 1. The van der Waals surface area contributed by atoms with Gasteiger partial charge in [-0.2, -0.15) is 0 Å². The summed E-state index contributed by atoms with van der Waals surface area (Å²) < 4.78 is 27.0. The van der Waals surface area contributed by atoms with E-state index in [4.69, 9.17) is 5.73 Å². The summed E-state index contributed by atoms with van der Waals surface area (Å²) in [5.41, 5.74) is 6.01. The minimum absolute atomic E-state index is 0.0613. The summed E-state index contributed by atoms with van der Waals surface area (Å²) in [6, 6.07) is 4.86. The van der Waals surface area contributed by atoms with Gasteiger partial charge in [0, 0.05) is 23.4 Å². The van der Waals surface area contributed by atoms with Crippen molar-refractivity contribution in [1.82, 2.24) is 9.55 Å². The smallest absolute Gasteiger partial charge is 0.180 e. The maximum Gasteiger partial charge on any atom is 0.180 e. The van der Waals surface area contributed by atoms with Crippen molar-refractivity contribution in [3.8, 4) is 0 Å². The number of rotatable bonds is 5. The van der Waals surface area contributed by atoms with Crippen LogP contribution in [0, 0.1) is 0 Å². The minimum atomic E-state index is -3.36.